The van der Waals surface area contributed by atoms with Crippen molar-refractivity contribution < 1.29 is 4.79 Å². The fourth-order valence-electron chi connectivity index (χ4n) is 3.68. The maximum atomic E-state index is 12.3. The molecule has 0 aromatic heterocycles. The summed E-state index contributed by atoms with van der Waals surface area (Å²) in [7, 11) is 3.55. The highest BCUT2D eigenvalue weighted by Crippen LogP contribution is 2.45. The normalized spacial score (nSPS) is 27.6. The fourth-order valence-corrected chi connectivity index (χ4v) is 3.86. The molecule has 0 saturated heterocycles. The van der Waals surface area contributed by atoms with E-state index < -0.39 is 0 Å². The lowest BCUT2D eigenvalue weighted by molar-refractivity contribution is 0.0828. The molecule has 2 saturated carbocycles. The Kier molecular flexibility index (Phi) is 3.63. The van der Waals surface area contributed by atoms with Gasteiger partial charge in [-0.2, -0.15) is 0 Å². The van der Waals surface area contributed by atoms with Crippen LogP contribution < -0.4 is 5.32 Å². The molecule has 3 atom stereocenters. The molecule has 2 bridgehead atoms. The summed E-state index contributed by atoms with van der Waals surface area (Å²) in [6.45, 7) is 0. The van der Waals surface area contributed by atoms with Crippen molar-refractivity contribution in [3.63, 3.8) is 0 Å². The Morgan fingerprint density at radius 1 is 1.30 bits per heavy atom. The molecule has 0 aliphatic heterocycles. The molecule has 2 aliphatic carbocycles. The molecule has 3 rings (SSSR count). The van der Waals surface area contributed by atoms with Crippen LogP contribution in [-0.2, 0) is 0 Å². The largest absolute Gasteiger partial charge is 0.381 e. The number of hydrogen-bond acceptors (Lipinski definition) is 2. The van der Waals surface area contributed by atoms with Crippen LogP contribution in [0, 0.1) is 11.8 Å². The van der Waals surface area contributed by atoms with Gasteiger partial charge < -0.3 is 10.2 Å². The second kappa shape index (κ2) is 5.28. The average Bonchev–Trinajstić information content (AvgIpc) is 3.00. The van der Waals surface area contributed by atoms with Crippen molar-refractivity contribution in [1.82, 2.24) is 4.90 Å². The summed E-state index contributed by atoms with van der Waals surface area (Å²) in [4.78, 5) is 13.9. The zero-order chi connectivity index (χ0) is 14.3. The van der Waals surface area contributed by atoms with Crippen LogP contribution in [-0.4, -0.2) is 30.9 Å². The molecule has 1 N–H and O–H groups in total. The molecule has 3 unspecified atom stereocenters. The minimum Gasteiger partial charge on any atom is -0.381 e. The number of halogens is 1. The summed E-state index contributed by atoms with van der Waals surface area (Å²) in [5.41, 5.74) is 1.59. The van der Waals surface area contributed by atoms with Gasteiger partial charge in [0.15, 0.2) is 0 Å². The Morgan fingerprint density at radius 2 is 2.10 bits per heavy atom. The van der Waals surface area contributed by atoms with Gasteiger partial charge in [0.1, 0.15) is 0 Å². The van der Waals surface area contributed by atoms with Crippen molar-refractivity contribution in [3.8, 4) is 0 Å². The van der Waals surface area contributed by atoms with Crippen molar-refractivity contribution in [2.24, 2.45) is 11.8 Å². The number of amides is 1. The predicted molar refractivity (Wildman–Crippen MR) is 82.3 cm³/mol. The molecule has 0 heterocycles. The number of fused-ring (bicyclic) bond motifs is 2. The van der Waals surface area contributed by atoms with E-state index >= 15 is 0 Å². The van der Waals surface area contributed by atoms with Gasteiger partial charge in [0.05, 0.1) is 5.56 Å². The lowest BCUT2D eigenvalue weighted by Crippen LogP contribution is -2.28. The first-order valence-electron chi connectivity index (χ1n) is 7.32. The van der Waals surface area contributed by atoms with Crippen LogP contribution in [0.25, 0.3) is 0 Å². The first-order chi connectivity index (χ1) is 9.54. The number of anilines is 1. The second-order valence-corrected chi connectivity index (χ2v) is 6.75. The Labute approximate surface area is 125 Å². The maximum absolute atomic E-state index is 12.3. The van der Waals surface area contributed by atoms with Gasteiger partial charge in [0.25, 0.3) is 5.91 Å². The monoisotopic (exact) mass is 292 g/mol. The standard InChI is InChI=1S/C16H21ClN2O/c1-19(2)16(20)13-6-5-12(17)9-15(13)18-14-8-10-3-4-11(14)7-10/h5-6,9-11,14,18H,3-4,7-8H2,1-2H3. The van der Waals surface area contributed by atoms with Crippen LogP contribution in [0.5, 0.6) is 0 Å². The SMILES string of the molecule is CN(C)C(=O)c1ccc(Cl)cc1NC1CC2CCC1C2. The average molecular weight is 293 g/mol. The van der Waals surface area contributed by atoms with Gasteiger partial charge in [-0.1, -0.05) is 18.0 Å². The Hall–Kier alpha value is -1.22. The topological polar surface area (TPSA) is 32.3 Å². The summed E-state index contributed by atoms with van der Waals surface area (Å²) >= 11 is 6.10. The zero-order valence-corrected chi connectivity index (χ0v) is 12.8. The molecular formula is C16H21ClN2O. The highest BCUT2D eigenvalue weighted by Gasteiger charge is 2.39. The van der Waals surface area contributed by atoms with Gasteiger partial charge in [-0.25, -0.2) is 0 Å². The first kappa shape index (κ1) is 13.7. The van der Waals surface area contributed by atoms with Crippen LogP contribution in [0.1, 0.15) is 36.0 Å². The van der Waals surface area contributed by atoms with E-state index in [1.54, 1.807) is 25.1 Å². The van der Waals surface area contributed by atoms with Gasteiger partial charge >= 0.3 is 0 Å². The molecule has 1 amide bonds. The third-order valence-electron chi connectivity index (χ3n) is 4.70. The number of nitrogens with zero attached hydrogens (tertiary/aromatic N) is 1. The Balaban J connectivity index is 1.84. The lowest BCUT2D eigenvalue weighted by atomic mass is 9.95. The van der Waals surface area contributed by atoms with E-state index in [1.807, 2.05) is 12.1 Å². The van der Waals surface area contributed by atoms with E-state index in [0.29, 0.717) is 16.6 Å². The van der Waals surface area contributed by atoms with Crippen molar-refractivity contribution in [2.75, 3.05) is 19.4 Å². The Bertz CT molecular complexity index is 529. The molecule has 20 heavy (non-hydrogen) atoms. The van der Waals surface area contributed by atoms with E-state index in [2.05, 4.69) is 5.32 Å². The zero-order valence-electron chi connectivity index (χ0n) is 12.0. The van der Waals surface area contributed by atoms with E-state index in [9.17, 15) is 4.79 Å². The summed E-state index contributed by atoms with van der Waals surface area (Å²) in [6, 6.07) is 5.98. The van der Waals surface area contributed by atoms with E-state index in [-0.39, 0.29) is 5.91 Å². The minimum absolute atomic E-state index is 0.0207. The summed E-state index contributed by atoms with van der Waals surface area (Å²) in [6.07, 6.45) is 5.27. The van der Waals surface area contributed by atoms with Gasteiger partial charge in [0, 0.05) is 30.8 Å². The minimum atomic E-state index is 0.0207. The molecule has 1 aromatic rings. The van der Waals surface area contributed by atoms with Crippen LogP contribution in [0.3, 0.4) is 0 Å². The summed E-state index contributed by atoms with van der Waals surface area (Å²) < 4.78 is 0. The number of rotatable bonds is 3. The van der Waals surface area contributed by atoms with Crippen LogP contribution in [0.4, 0.5) is 5.69 Å². The highest BCUT2D eigenvalue weighted by molar-refractivity contribution is 6.31. The highest BCUT2D eigenvalue weighted by atomic mass is 35.5. The maximum Gasteiger partial charge on any atom is 0.255 e. The molecule has 0 spiro atoms. The molecule has 2 aliphatic rings. The van der Waals surface area contributed by atoms with Gasteiger partial charge in [-0.05, 0) is 49.3 Å². The van der Waals surface area contributed by atoms with Gasteiger partial charge in [0.2, 0.25) is 0 Å². The third-order valence-corrected chi connectivity index (χ3v) is 4.93. The van der Waals surface area contributed by atoms with Gasteiger partial charge in [-0.3, -0.25) is 4.79 Å². The smallest absolute Gasteiger partial charge is 0.255 e. The van der Waals surface area contributed by atoms with Crippen LogP contribution in [0.15, 0.2) is 18.2 Å². The van der Waals surface area contributed by atoms with E-state index in [4.69, 9.17) is 11.6 Å². The molecule has 2 fully saturated rings. The molecular weight excluding hydrogens is 272 g/mol. The number of carbonyl (C=O) groups excluding carboxylic acids is 1. The molecule has 1 aromatic carbocycles. The van der Waals surface area contributed by atoms with E-state index in [1.165, 1.54) is 25.7 Å². The lowest BCUT2D eigenvalue weighted by Gasteiger charge is -2.25. The van der Waals surface area contributed by atoms with Crippen LogP contribution >= 0.6 is 11.6 Å². The van der Waals surface area contributed by atoms with Crippen molar-refractivity contribution in [1.29, 1.82) is 0 Å². The van der Waals surface area contributed by atoms with Crippen molar-refractivity contribution in [2.45, 2.75) is 31.7 Å². The summed E-state index contributed by atoms with van der Waals surface area (Å²) in [5.74, 6) is 1.67. The second-order valence-electron chi connectivity index (χ2n) is 6.32. The molecule has 3 nitrogen and oxygen atoms in total. The fraction of sp³-hybridized carbons (Fsp3) is 0.562. The number of carbonyl (C=O) groups is 1. The third kappa shape index (κ3) is 2.51. The molecule has 4 heteroatoms. The van der Waals surface area contributed by atoms with Crippen molar-refractivity contribution >= 4 is 23.2 Å². The quantitative estimate of drug-likeness (QED) is 0.922. The van der Waals surface area contributed by atoms with E-state index in [0.717, 1.165) is 17.5 Å². The number of hydrogen-bond donors (Lipinski definition) is 1. The van der Waals surface area contributed by atoms with Gasteiger partial charge in [-0.15, -0.1) is 0 Å². The number of nitrogens with one attached hydrogen (secondary N) is 1. The number of benzene rings is 1. The Morgan fingerprint density at radius 3 is 2.70 bits per heavy atom. The molecule has 108 valence electrons. The molecule has 0 radical (unpaired) electrons. The summed E-state index contributed by atoms with van der Waals surface area (Å²) in [5, 5.41) is 4.26. The predicted octanol–water partition coefficient (Wildman–Crippen LogP) is 3.64. The van der Waals surface area contributed by atoms with Crippen molar-refractivity contribution in [3.05, 3.63) is 28.8 Å². The van der Waals surface area contributed by atoms with Crippen LogP contribution in [0.2, 0.25) is 5.02 Å². The first-order valence-corrected chi connectivity index (χ1v) is 7.70.